The topological polar surface area (TPSA) is 104 Å². The molecule has 0 aromatic heterocycles. The Bertz CT molecular complexity index is 690. The highest BCUT2D eigenvalue weighted by Gasteiger charge is 2.29. The van der Waals surface area contributed by atoms with Gasteiger partial charge in [0.15, 0.2) is 9.84 Å². The summed E-state index contributed by atoms with van der Waals surface area (Å²) in [6.45, 7) is 1.49. The van der Waals surface area contributed by atoms with Gasteiger partial charge in [-0.1, -0.05) is 0 Å². The number of hydrogen-bond acceptors (Lipinski definition) is 4. The normalized spacial score (nSPS) is 20.5. The summed E-state index contributed by atoms with van der Waals surface area (Å²) in [5.41, 5.74) is 0.410. The van der Waals surface area contributed by atoms with Crippen LogP contribution in [0.25, 0.3) is 0 Å². The van der Waals surface area contributed by atoms with E-state index in [1.54, 1.807) is 0 Å². The average molecular weight is 343 g/mol. The molecule has 0 radical (unpaired) electrons. The van der Waals surface area contributed by atoms with Gasteiger partial charge in [0, 0.05) is 11.7 Å². The molecule has 0 aliphatic carbocycles. The molecule has 1 heterocycles. The first-order valence-electron chi connectivity index (χ1n) is 7.09. The summed E-state index contributed by atoms with van der Waals surface area (Å²) in [5.74, 6) is -0.916. The SMILES string of the molecule is C[C@H](NC(=O)N[C@H]1CCS(=O)(=O)C1)C(=O)Nc1ccc(F)cc1. The molecule has 126 valence electrons. The van der Waals surface area contributed by atoms with Crippen molar-refractivity contribution in [1.29, 1.82) is 0 Å². The second-order valence-electron chi connectivity index (χ2n) is 5.44. The number of urea groups is 1. The number of nitrogens with one attached hydrogen (secondary N) is 3. The zero-order valence-corrected chi connectivity index (χ0v) is 13.3. The molecule has 3 amide bonds. The Hall–Kier alpha value is -2.16. The lowest BCUT2D eigenvalue weighted by Crippen LogP contribution is -2.49. The first kappa shape index (κ1) is 17.2. The maximum Gasteiger partial charge on any atom is 0.315 e. The molecule has 1 aliphatic heterocycles. The van der Waals surface area contributed by atoms with Crippen LogP contribution in [-0.2, 0) is 14.6 Å². The molecular formula is C14H18FN3O4S. The van der Waals surface area contributed by atoms with Gasteiger partial charge < -0.3 is 16.0 Å². The molecule has 23 heavy (non-hydrogen) atoms. The number of carbonyl (C=O) groups excluding carboxylic acids is 2. The predicted molar refractivity (Wildman–Crippen MR) is 83.2 cm³/mol. The smallest absolute Gasteiger partial charge is 0.315 e. The van der Waals surface area contributed by atoms with E-state index in [-0.39, 0.29) is 11.5 Å². The summed E-state index contributed by atoms with van der Waals surface area (Å²) in [7, 11) is -3.08. The molecule has 2 atom stereocenters. The van der Waals surface area contributed by atoms with Crippen LogP contribution in [-0.4, -0.2) is 43.9 Å². The van der Waals surface area contributed by atoms with Crippen molar-refractivity contribution < 1.29 is 22.4 Å². The van der Waals surface area contributed by atoms with Crippen LogP contribution in [0.1, 0.15) is 13.3 Å². The molecule has 0 bridgehead atoms. The quantitative estimate of drug-likeness (QED) is 0.746. The fourth-order valence-electron chi connectivity index (χ4n) is 2.18. The first-order chi connectivity index (χ1) is 10.7. The van der Waals surface area contributed by atoms with E-state index >= 15 is 0 Å². The minimum Gasteiger partial charge on any atom is -0.334 e. The molecule has 0 saturated carbocycles. The van der Waals surface area contributed by atoms with Crippen LogP contribution in [0.15, 0.2) is 24.3 Å². The van der Waals surface area contributed by atoms with Gasteiger partial charge >= 0.3 is 6.03 Å². The van der Waals surface area contributed by atoms with Gasteiger partial charge in [-0.2, -0.15) is 0 Å². The highest BCUT2D eigenvalue weighted by atomic mass is 32.2. The van der Waals surface area contributed by atoms with Gasteiger partial charge in [0.05, 0.1) is 11.5 Å². The van der Waals surface area contributed by atoms with E-state index in [1.807, 2.05) is 0 Å². The second kappa shape index (κ2) is 6.95. The van der Waals surface area contributed by atoms with Crippen molar-refractivity contribution in [3.63, 3.8) is 0 Å². The third-order valence-electron chi connectivity index (χ3n) is 3.42. The van der Waals surface area contributed by atoms with Crippen molar-refractivity contribution in [2.75, 3.05) is 16.8 Å². The van der Waals surface area contributed by atoms with Crippen LogP contribution >= 0.6 is 0 Å². The van der Waals surface area contributed by atoms with Crippen molar-refractivity contribution in [3.8, 4) is 0 Å². The molecule has 1 aliphatic rings. The van der Waals surface area contributed by atoms with Gasteiger partial charge in [-0.25, -0.2) is 17.6 Å². The third kappa shape index (κ3) is 5.20. The molecule has 3 N–H and O–H groups in total. The third-order valence-corrected chi connectivity index (χ3v) is 5.19. The zero-order valence-electron chi connectivity index (χ0n) is 12.5. The van der Waals surface area contributed by atoms with Crippen LogP contribution in [0, 0.1) is 5.82 Å². The number of rotatable bonds is 4. The number of benzene rings is 1. The van der Waals surface area contributed by atoms with Crippen LogP contribution in [0.3, 0.4) is 0 Å². The van der Waals surface area contributed by atoms with E-state index in [1.165, 1.54) is 31.2 Å². The predicted octanol–water partition coefficient (Wildman–Crippen LogP) is 0.639. The molecule has 1 aromatic rings. The van der Waals surface area contributed by atoms with E-state index in [2.05, 4.69) is 16.0 Å². The summed E-state index contributed by atoms with van der Waals surface area (Å²) < 4.78 is 35.4. The summed E-state index contributed by atoms with van der Waals surface area (Å²) in [6.07, 6.45) is 0.367. The van der Waals surface area contributed by atoms with Crippen LogP contribution in [0.4, 0.5) is 14.9 Å². The molecule has 0 spiro atoms. The standard InChI is InChI=1S/C14H18FN3O4S/c1-9(13(19)17-11-4-2-10(15)3-5-11)16-14(20)18-12-6-7-23(21,22)8-12/h2-5,9,12H,6-8H2,1H3,(H,17,19)(H2,16,18,20)/t9-,12-/m0/s1. The summed E-state index contributed by atoms with van der Waals surface area (Å²) in [5, 5.41) is 7.50. The minimum atomic E-state index is -3.08. The molecule has 9 heteroatoms. The Balaban J connectivity index is 1.81. The summed E-state index contributed by atoms with van der Waals surface area (Å²) in [6, 6.07) is 3.36. The maximum atomic E-state index is 12.8. The fraction of sp³-hybridized carbons (Fsp3) is 0.429. The van der Waals surface area contributed by atoms with Gasteiger partial charge in [-0.3, -0.25) is 4.79 Å². The van der Waals surface area contributed by atoms with Gasteiger partial charge in [0.25, 0.3) is 0 Å². The molecule has 1 saturated heterocycles. The highest BCUT2D eigenvalue weighted by molar-refractivity contribution is 7.91. The Kier molecular flexibility index (Phi) is 5.19. The average Bonchev–Trinajstić information content (AvgIpc) is 2.80. The van der Waals surface area contributed by atoms with Crippen molar-refractivity contribution in [2.24, 2.45) is 0 Å². The summed E-state index contributed by atoms with van der Waals surface area (Å²) in [4.78, 5) is 23.7. The van der Waals surface area contributed by atoms with Gasteiger partial charge in [0.1, 0.15) is 11.9 Å². The van der Waals surface area contributed by atoms with E-state index in [4.69, 9.17) is 0 Å². The maximum absolute atomic E-state index is 12.8. The summed E-state index contributed by atoms with van der Waals surface area (Å²) >= 11 is 0. The number of halogens is 1. The van der Waals surface area contributed by atoms with Crippen LogP contribution < -0.4 is 16.0 Å². The van der Waals surface area contributed by atoms with Gasteiger partial charge in [-0.05, 0) is 37.6 Å². The van der Waals surface area contributed by atoms with Crippen molar-refractivity contribution in [2.45, 2.75) is 25.4 Å². The van der Waals surface area contributed by atoms with Crippen LogP contribution in [0.5, 0.6) is 0 Å². The lowest BCUT2D eigenvalue weighted by molar-refractivity contribution is -0.117. The lowest BCUT2D eigenvalue weighted by Gasteiger charge is -2.17. The number of anilines is 1. The van der Waals surface area contributed by atoms with Crippen molar-refractivity contribution in [3.05, 3.63) is 30.1 Å². The minimum absolute atomic E-state index is 0.0541. The molecule has 0 unspecified atom stereocenters. The molecule has 1 fully saturated rings. The van der Waals surface area contributed by atoms with Crippen LogP contribution in [0.2, 0.25) is 0 Å². The van der Waals surface area contributed by atoms with E-state index in [0.717, 1.165) is 0 Å². The van der Waals surface area contributed by atoms with E-state index in [0.29, 0.717) is 12.1 Å². The Morgan fingerprint density at radius 3 is 2.48 bits per heavy atom. The zero-order chi connectivity index (χ0) is 17.0. The number of sulfone groups is 1. The first-order valence-corrected chi connectivity index (χ1v) is 8.91. The monoisotopic (exact) mass is 343 g/mol. The Morgan fingerprint density at radius 1 is 1.26 bits per heavy atom. The molecule has 7 nitrogen and oxygen atoms in total. The number of carbonyl (C=O) groups is 2. The fourth-order valence-corrected chi connectivity index (χ4v) is 3.86. The van der Waals surface area contributed by atoms with Crippen molar-refractivity contribution in [1.82, 2.24) is 10.6 Å². The molecular weight excluding hydrogens is 325 g/mol. The van der Waals surface area contributed by atoms with Crippen molar-refractivity contribution >= 4 is 27.5 Å². The molecule has 2 rings (SSSR count). The number of amides is 3. The second-order valence-corrected chi connectivity index (χ2v) is 7.66. The Morgan fingerprint density at radius 2 is 1.91 bits per heavy atom. The number of hydrogen-bond donors (Lipinski definition) is 3. The largest absolute Gasteiger partial charge is 0.334 e. The van der Waals surface area contributed by atoms with Gasteiger partial charge in [-0.15, -0.1) is 0 Å². The molecule has 1 aromatic carbocycles. The highest BCUT2D eigenvalue weighted by Crippen LogP contribution is 2.11. The lowest BCUT2D eigenvalue weighted by atomic mass is 10.2. The van der Waals surface area contributed by atoms with E-state index < -0.39 is 39.7 Å². The Labute approximate surface area is 133 Å². The van der Waals surface area contributed by atoms with E-state index in [9.17, 15) is 22.4 Å². The van der Waals surface area contributed by atoms with Gasteiger partial charge in [0.2, 0.25) is 5.91 Å².